The number of hydrogen-bond donors (Lipinski definition) is 0. The molecule has 0 aliphatic rings. The van der Waals surface area contributed by atoms with Crippen LogP contribution in [0.5, 0.6) is 0 Å². The Morgan fingerprint density at radius 3 is 2.75 bits per heavy atom. The Bertz CT molecular complexity index is 421. The number of hydrogen-bond acceptors (Lipinski definition) is 2. The van der Waals surface area contributed by atoms with Gasteiger partial charge in [0.2, 0.25) is 0 Å². The van der Waals surface area contributed by atoms with Gasteiger partial charge < -0.3 is 0 Å². The summed E-state index contributed by atoms with van der Waals surface area (Å²) in [6.07, 6.45) is 0. The smallest absolute Gasteiger partial charge is 0.151 e. The van der Waals surface area contributed by atoms with Crippen LogP contribution in [0.1, 0.15) is 0 Å². The average Bonchev–Trinajstić information content (AvgIpc) is 2.17. The third-order valence-corrected chi connectivity index (χ3v) is 1.75. The van der Waals surface area contributed by atoms with E-state index in [1.165, 1.54) is 0 Å². The van der Waals surface area contributed by atoms with E-state index in [0.29, 0.717) is 5.82 Å². The highest BCUT2D eigenvalue weighted by molar-refractivity contribution is 5.79. The lowest BCUT2D eigenvalue weighted by Gasteiger charge is -1.96. The van der Waals surface area contributed by atoms with Gasteiger partial charge in [-0.1, -0.05) is 18.2 Å². The fourth-order valence-electron chi connectivity index (χ4n) is 1.14. The van der Waals surface area contributed by atoms with Crippen molar-refractivity contribution in [3.8, 4) is 0 Å². The highest BCUT2D eigenvalue weighted by atomic mass is 14.9. The number of nitrogens with zero attached hydrogens (tertiary/aromatic N) is 2. The first-order valence-corrected chi connectivity index (χ1v) is 3.73. The molecule has 1 aromatic carbocycles. The van der Waals surface area contributed by atoms with E-state index in [0.717, 1.165) is 10.9 Å². The minimum atomic E-state index is 0.675. The van der Waals surface area contributed by atoms with Gasteiger partial charge in [0.05, 0.1) is 5.52 Å². The summed E-state index contributed by atoms with van der Waals surface area (Å²) in [5.41, 5.74) is 0.961. The minimum Gasteiger partial charge on any atom is -0.245 e. The molecule has 1 aromatic heterocycles. The van der Waals surface area contributed by atoms with Crippen LogP contribution < -0.4 is 0 Å². The molecule has 1 heterocycles. The lowest BCUT2D eigenvalue weighted by atomic mass is 10.2. The molecule has 0 atom stereocenters. The standard InChI is InChI=1S/C10H8N2/c1-11-10-7-6-8-4-2-3-5-9(8)12-10/h2-7H,1H2. The van der Waals surface area contributed by atoms with E-state index in [-0.39, 0.29) is 0 Å². The Labute approximate surface area is 70.6 Å². The van der Waals surface area contributed by atoms with Crippen LogP contribution in [0.3, 0.4) is 0 Å². The lowest BCUT2D eigenvalue weighted by molar-refractivity contribution is 1.34. The topological polar surface area (TPSA) is 25.2 Å². The zero-order chi connectivity index (χ0) is 8.39. The number of aliphatic imine (C=N–C) groups is 1. The molecule has 0 saturated carbocycles. The summed E-state index contributed by atoms with van der Waals surface area (Å²) in [4.78, 5) is 8.02. The van der Waals surface area contributed by atoms with Gasteiger partial charge in [0, 0.05) is 5.39 Å². The number of aromatic nitrogens is 1. The summed E-state index contributed by atoms with van der Waals surface area (Å²) in [5.74, 6) is 0.675. The van der Waals surface area contributed by atoms with Gasteiger partial charge in [-0.15, -0.1) is 0 Å². The summed E-state index contributed by atoms with van der Waals surface area (Å²) in [6.45, 7) is 3.43. The maximum Gasteiger partial charge on any atom is 0.151 e. The largest absolute Gasteiger partial charge is 0.245 e. The molecule has 0 fully saturated rings. The van der Waals surface area contributed by atoms with Crippen LogP contribution in [0.4, 0.5) is 5.82 Å². The van der Waals surface area contributed by atoms with Crippen LogP contribution >= 0.6 is 0 Å². The maximum atomic E-state index is 4.26. The van der Waals surface area contributed by atoms with Crippen LogP contribution in [-0.4, -0.2) is 11.7 Å². The first-order chi connectivity index (χ1) is 5.90. The minimum absolute atomic E-state index is 0.675. The van der Waals surface area contributed by atoms with E-state index in [9.17, 15) is 0 Å². The molecule has 0 spiro atoms. The van der Waals surface area contributed by atoms with Gasteiger partial charge in [-0.05, 0) is 24.9 Å². The molecular formula is C10H8N2. The van der Waals surface area contributed by atoms with Gasteiger partial charge in [-0.25, -0.2) is 9.98 Å². The molecule has 2 aromatic rings. The Morgan fingerprint density at radius 1 is 1.08 bits per heavy atom. The van der Waals surface area contributed by atoms with Crippen molar-refractivity contribution >= 4 is 23.4 Å². The van der Waals surface area contributed by atoms with Crippen LogP contribution in [0.25, 0.3) is 10.9 Å². The third kappa shape index (κ3) is 1.07. The van der Waals surface area contributed by atoms with E-state index in [2.05, 4.69) is 16.7 Å². The average molecular weight is 156 g/mol. The lowest BCUT2D eigenvalue weighted by Crippen LogP contribution is -1.76. The molecule has 0 bridgehead atoms. The quantitative estimate of drug-likeness (QED) is 0.582. The van der Waals surface area contributed by atoms with Crippen LogP contribution in [0.15, 0.2) is 41.4 Å². The fraction of sp³-hybridized carbons (Fsp3) is 0. The first kappa shape index (κ1) is 6.98. The molecule has 2 heteroatoms. The highest BCUT2D eigenvalue weighted by Crippen LogP contribution is 2.15. The van der Waals surface area contributed by atoms with E-state index in [1.807, 2.05) is 36.4 Å². The van der Waals surface area contributed by atoms with Crippen LogP contribution in [0, 0.1) is 0 Å². The second-order valence-corrected chi connectivity index (χ2v) is 2.52. The SMILES string of the molecule is C=Nc1ccc2ccccc2n1. The van der Waals surface area contributed by atoms with Gasteiger partial charge >= 0.3 is 0 Å². The van der Waals surface area contributed by atoms with Crippen molar-refractivity contribution in [1.29, 1.82) is 0 Å². The van der Waals surface area contributed by atoms with E-state index >= 15 is 0 Å². The molecular weight excluding hydrogens is 148 g/mol. The number of pyridine rings is 1. The van der Waals surface area contributed by atoms with Crippen molar-refractivity contribution in [2.24, 2.45) is 4.99 Å². The number of para-hydroxylation sites is 1. The van der Waals surface area contributed by atoms with Gasteiger partial charge in [-0.3, -0.25) is 0 Å². The van der Waals surface area contributed by atoms with Gasteiger partial charge in [0.25, 0.3) is 0 Å². The molecule has 0 aliphatic carbocycles. The Balaban J connectivity index is 2.75. The molecule has 12 heavy (non-hydrogen) atoms. The fourth-order valence-corrected chi connectivity index (χ4v) is 1.14. The van der Waals surface area contributed by atoms with E-state index in [1.54, 1.807) is 0 Å². The second-order valence-electron chi connectivity index (χ2n) is 2.52. The van der Waals surface area contributed by atoms with Gasteiger partial charge in [0.1, 0.15) is 0 Å². The molecule has 2 rings (SSSR count). The van der Waals surface area contributed by atoms with Gasteiger partial charge in [-0.2, -0.15) is 0 Å². The van der Waals surface area contributed by atoms with Crippen molar-refractivity contribution in [1.82, 2.24) is 4.98 Å². The first-order valence-electron chi connectivity index (χ1n) is 3.73. The van der Waals surface area contributed by atoms with Crippen molar-refractivity contribution < 1.29 is 0 Å². The third-order valence-electron chi connectivity index (χ3n) is 1.75. The number of fused-ring (bicyclic) bond motifs is 1. The second kappa shape index (κ2) is 2.74. The normalized spacial score (nSPS) is 10.0. The molecule has 0 unspecified atom stereocenters. The Kier molecular flexibility index (Phi) is 1.59. The summed E-state index contributed by atoms with van der Waals surface area (Å²) < 4.78 is 0. The van der Waals surface area contributed by atoms with E-state index in [4.69, 9.17) is 0 Å². The van der Waals surface area contributed by atoms with Crippen molar-refractivity contribution in [2.75, 3.05) is 0 Å². The molecule has 2 nitrogen and oxygen atoms in total. The van der Waals surface area contributed by atoms with Crippen LogP contribution in [0.2, 0.25) is 0 Å². The van der Waals surface area contributed by atoms with Crippen molar-refractivity contribution in [3.05, 3.63) is 36.4 Å². The molecule has 0 saturated heterocycles. The molecule has 0 amide bonds. The van der Waals surface area contributed by atoms with Gasteiger partial charge in [0.15, 0.2) is 5.82 Å². The number of benzene rings is 1. The summed E-state index contributed by atoms with van der Waals surface area (Å²) >= 11 is 0. The van der Waals surface area contributed by atoms with E-state index < -0.39 is 0 Å². The summed E-state index contributed by atoms with van der Waals surface area (Å²) in [5, 5.41) is 1.13. The molecule has 0 radical (unpaired) electrons. The predicted octanol–water partition coefficient (Wildman–Crippen LogP) is 2.57. The monoisotopic (exact) mass is 156 g/mol. The summed E-state index contributed by atoms with van der Waals surface area (Å²) in [6, 6.07) is 11.8. The summed E-state index contributed by atoms with van der Waals surface area (Å²) in [7, 11) is 0. The Hall–Kier alpha value is -1.70. The molecule has 58 valence electrons. The van der Waals surface area contributed by atoms with Crippen molar-refractivity contribution in [2.45, 2.75) is 0 Å². The molecule has 0 aliphatic heterocycles. The zero-order valence-electron chi connectivity index (χ0n) is 6.57. The maximum absolute atomic E-state index is 4.26. The Morgan fingerprint density at radius 2 is 1.92 bits per heavy atom. The molecule has 0 N–H and O–H groups in total. The van der Waals surface area contributed by atoms with Crippen molar-refractivity contribution in [3.63, 3.8) is 0 Å². The highest BCUT2D eigenvalue weighted by Gasteiger charge is 1.93. The zero-order valence-corrected chi connectivity index (χ0v) is 6.57. The predicted molar refractivity (Wildman–Crippen MR) is 51.0 cm³/mol. The number of rotatable bonds is 1. The van der Waals surface area contributed by atoms with Crippen LogP contribution in [-0.2, 0) is 0 Å².